The first-order valence-corrected chi connectivity index (χ1v) is 8.18. The molecule has 0 saturated heterocycles. The lowest BCUT2D eigenvalue weighted by atomic mass is 10.1. The summed E-state index contributed by atoms with van der Waals surface area (Å²) in [6.07, 6.45) is 2.02. The molecule has 1 aliphatic rings. The minimum Gasteiger partial charge on any atom is -0.312 e. The van der Waals surface area contributed by atoms with Crippen molar-refractivity contribution in [3.05, 3.63) is 22.7 Å². The van der Waals surface area contributed by atoms with Crippen LogP contribution in [0.2, 0.25) is 5.02 Å². The molecule has 0 bridgehead atoms. The molecule has 1 amide bonds. The number of amides is 1. The van der Waals surface area contributed by atoms with Gasteiger partial charge < -0.3 is 4.90 Å². The first-order chi connectivity index (χ1) is 9.49. The minimum atomic E-state index is 0.0924. The summed E-state index contributed by atoms with van der Waals surface area (Å²) in [5, 5.41) is 0.760. The number of rotatable bonds is 5. The molecular formula is C15H21ClN2OS. The molecule has 0 unspecified atom stereocenters. The van der Waals surface area contributed by atoms with E-state index in [1.165, 1.54) is 0 Å². The number of nitrogens with zero attached hydrogens (tertiary/aromatic N) is 1. The van der Waals surface area contributed by atoms with Crippen LogP contribution in [0.1, 0.15) is 32.8 Å². The maximum absolute atomic E-state index is 11.6. The predicted octanol–water partition coefficient (Wildman–Crippen LogP) is 3.89. The molecule has 0 atom stereocenters. The Kier molecular flexibility index (Phi) is 5.35. The highest BCUT2D eigenvalue weighted by Gasteiger charge is 2.23. The Morgan fingerprint density at radius 2 is 2.25 bits per heavy atom. The highest BCUT2D eigenvalue weighted by molar-refractivity contribution is 7.97. The first kappa shape index (κ1) is 15.7. The van der Waals surface area contributed by atoms with E-state index in [-0.39, 0.29) is 5.91 Å². The smallest absolute Gasteiger partial charge is 0.223 e. The van der Waals surface area contributed by atoms with Crippen molar-refractivity contribution in [2.45, 2.75) is 38.5 Å². The molecule has 1 aliphatic heterocycles. The molecule has 0 aliphatic carbocycles. The number of fused-ring (bicyclic) bond motifs is 1. The molecule has 110 valence electrons. The standard InChI is InChI=1S/C15H21ClN2OS/c1-10(2)4-6-17-20-15-9-14-12(8-13(15)16)5-7-18(14)11(3)19/h8-10,17H,4-7H2,1-3H3. The van der Waals surface area contributed by atoms with E-state index in [0.29, 0.717) is 5.92 Å². The van der Waals surface area contributed by atoms with E-state index in [0.717, 1.165) is 47.1 Å². The van der Waals surface area contributed by atoms with Crippen LogP contribution >= 0.6 is 23.5 Å². The third kappa shape index (κ3) is 3.68. The van der Waals surface area contributed by atoms with Crippen molar-refractivity contribution in [2.75, 3.05) is 18.0 Å². The van der Waals surface area contributed by atoms with E-state index in [1.807, 2.05) is 17.0 Å². The number of hydrogen-bond acceptors (Lipinski definition) is 3. The summed E-state index contributed by atoms with van der Waals surface area (Å²) in [6.45, 7) is 7.73. The molecule has 5 heteroatoms. The third-order valence-corrected chi connectivity index (χ3v) is 4.75. The quantitative estimate of drug-likeness (QED) is 0.661. The lowest BCUT2D eigenvalue weighted by molar-refractivity contribution is -0.116. The van der Waals surface area contributed by atoms with Gasteiger partial charge in [0.25, 0.3) is 0 Å². The molecule has 1 aromatic carbocycles. The first-order valence-electron chi connectivity index (χ1n) is 6.99. The van der Waals surface area contributed by atoms with Gasteiger partial charge in [-0.15, -0.1) is 0 Å². The summed E-state index contributed by atoms with van der Waals surface area (Å²) >= 11 is 7.86. The Balaban J connectivity index is 2.07. The molecule has 20 heavy (non-hydrogen) atoms. The van der Waals surface area contributed by atoms with Gasteiger partial charge in [0, 0.05) is 30.6 Å². The molecule has 2 rings (SSSR count). The van der Waals surface area contributed by atoms with Crippen LogP contribution in [0.25, 0.3) is 0 Å². The van der Waals surface area contributed by atoms with Crippen molar-refractivity contribution in [1.82, 2.24) is 4.72 Å². The average molecular weight is 313 g/mol. The van der Waals surface area contributed by atoms with Crippen LogP contribution in [-0.4, -0.2) is 19.0 Å². The lowest BCUT2D eigenvalue weighted by Crippen LogP contribution is -2.25. The topological polar surface area (TPSA) is 32.3 Å². The second kappa shape index (κ2) is 6.83. The fourth-order valence-corrected chi connectivity index (χ4v) is 3.27. The second-order valence-corrected chi connectivity index (χ2v) is 6.85. The Morgan fingerprint density at radius 3 is 2.90 bits per heavy atom. The van der Waals surface area contributed by atoms with Crippen molar-refractivity contribution in [1.29, 1.82) is 0 Å². The normalized spacial score (nSPS) is 13.9. The number of carbonyl (C=O) groups excluding carboxylic acids is 1. The molecule has 1 heterocycles. The zero-order chi connectivity index (χ0) is 14.7. The van der Waals surface area contributed by atoms with Crippen LogP contribution < -0.4 is 9.62 Å². The van der Waals surface area contributed by atoms with Crippen LogP contribution in [0.3, 0.4) is 0 Å². The molecular weight excluding hydrogens is 292 g/mol. The Hall–Kier alpha value is -0.710. The van der Waals surface area contributed by atoms with E-state index in [9.17, 15) is 4.79 Å². The number of nitrogens with one attached hydrogen (secondary N) is 1. The average Bonchev–Trinajstić information content (AvgIpc) is 2.77. The van der Waals surface area contributed by atoms with Crippen molar-refractivity contribution in [3.63, 3.8) is 0 Å². The van der Waals surface area contributed by atoms with E-state index in [1.54, 1.807) is 18.9 Å². The Bertz CT molecular complexity index is 505. The van der Waals surface area contributed by atoms with Crippen LogP contribution in [0.15, 0.2) is 17.0 Å². The largest absolute Gasteiger partial charge is 0.312 e. The van der Waals surface area contributed by atoms with Gasteiger partial charge in [0.15, 0.2) is 0 Å². The number of hydrogen-bond donors (Lipinski definition) is 1. The van der Waals surface area contributed by atoms with E-state index < -0.39 is 0 Å². The van der Waals surface area contributed by atoms with Crippen LogP contribution in [-0.2, 0) is 11.2 Å². The van der Waals surface area contributed by atoms with Gasteiger partial charge in [0.2, 0.25) is 5.91 Å². The molecule has 0 fully saturated rings. The lowest BCUT2D eigenvalue weighted by Gasteiger charge is -2.16. The number of halogens is 1. The second-order valence-electron chi connectivity index (χ2n) is 5.51. The molecule has 3 nitrogen and oxygen atoms in total. The summed E-state index contributed by atoms with van der Waals surface area (Å²) in [5.74, 6) is 0.779. The third-order valence-electron chi connectivity index (χ3n) is 3.41. The number of carbonyl (C=O) groups is 1. The highest BCUT2D eigenvalue weighted by Crippen LogP contribution is 2.36. The van der Waals surface area contributed by atoms with E-state index in [4.69, 9.17) is 11.6 Å². The fourth-order valence-electron chi connectivity index (χ4n) is 2.27. The van der Waals surface area contributed by atoms with Crippen molar-refractivity contribution < 1.29 is 4.79 Å². The van der Waals surface area contributed by atoms with Gasteiger partial charge in [-0.25, -0.2) is 0 Å². The Labute approximate surface area is 130 Å². The Morgan fingerprint density at radius 1 is 1.50 bits per heavy atom. The molecule has 0 spiro atoms. The highest BCUT2D eigenvalue weighted by atomic mass is 35.5. The van der Waals surface area contributed by atoms with Gasteiger partial charge in [-0.3, -0.25) is 9.52 Å². The number of anilines is 1. The fraction of sp³-hybridized carbons (Fsp3) is 0.533. The maximum atomic E-state index is 11.6. The monoisotopic (exact) mass is 312 g/mol. The van der Waals surface area contributed by atoms with E-state index in [2.05, 4.69) is 18.6 Å². The van der Waals surface area contributed by atoms with E-state index >= 15 is 0 Å². The van der Waals surface area contributed by atoms with Crippen molar-refractivity contribution in [2.24, 2.45) is 5.92 Å². The summed E-state index contributed by atoms with van der Waals surface area (Å²) in [7, 11) is 0. The minimum absolute atomic E-state index is 0.0924. The van der Waals surface area contributed by atoms with Crippen LogP contribution in [0.4, 0.5) is 5.69 Å². The molecule has 0 radical (unpaired) electrons. The van der Waals surface area contributed by atoms with Gasteiger partial charge in [-0.1, -0.05) is 25.4 Å². The zero-order valence-electron chi connectivity index (χ0n) is 12.2. The van der Waals surface area contributed by atoms with Gasteiger partial charge in [-0.2, -0.15) is 0 Å². The summed E-state index contributed by atoms with van der Waals surface area (Å²) in [5.41, 5.74) is 2.17. The zero-order valence-corrected chi connectivity index (χ0v) is 13.8. The SMILES string of the molecule is CC(=O)N1CCc2cc(Cl)c(SNCCC(C)C)cc21. The van der Waals surface area contributed by atoms with Crippen molar-refractivity contribution in [3.8, 4) is 0 Å². The van der Waals surface area contributed by atoms with Gasteiger partial charge in [0.05, 0.1) is 5.02 Å². The van der Waals surface area contributed by atoms with Gasteiger partial charge in [0.1, 0.15) is 0 Å². The summed E-state index contributed by atoms with van der Waals surface area (Å²) in [4.78, 5) is 14.4. The number of benzene rings is 1. The maximum Gasteiger partial charge on any atom is 0.223 e. The summed E-state index contributed by atoms with van der Waals surface area (Å²) < 4.78 is 3.34. The molecule has 0 saturated carbocycles. The predicted molar refractivity (Wildman–Crippen MR) is 86.5 cm³/mol. The molecule has 1 N–H and O–H groups in total. The van der Waals surface area contributed by atoms with Crippen LogP contribution in [0.5, 0.6) is 0 Å². The molecule has 0 aromatic heterocycles. The summed E-state index contributed by atoms with van der Waals surface area (Å²) in [6, 6.07) is 4.02. The van der Waals surface area contributed by atoms with Gasteiger partial charge in [-0.05, 0) is 48.4 Å². The van der Waals surface area contributed by atoms with Crippen LogP contribution in [0, 0.1) is 5.92 Å². The van der Waals surface area contributed by atoms with Crippen molar-refractivity contribution >= 4 is 35.1 Å². The van der Waals surface area contributed by atoms with Gasteiger partial charge >= 0.3 is 0 Å². The molecule has 1 aromatic rings.